The number of fused-ring (bicyclic) bond motifs is 1. The summed E-state index contributed by atoms with van der Waals surface area (Å²) in [5.41, 5.74) is 1.68. The Morgan fingerprint density at radius 2 is 2.17 bits per heavy atom. The van der Waals surface area contributed by atoms with Gasteiger partial charge >= 0.3 is 0 Å². The van der Waals surface area contributed by atoms with Crippen LogP contribution in [0.2, 0.25) is 0 Å². The summed E-state index contributed by atoms with van der Waals surface area (Å²) in [7, 11) is 0. The minimum atomic E-state index is -0.570. The number of imidazole rings is 1. The molecule has 4 heterocycles. The highest BCUT2D eigenvalue weighted by Gasteiger charge is 2.35. The molecule has 1 amide bonds. The van der Waals surface area contributed by atoms with E-state index in [1.807, 2.05) is 32.3 Å². The van der Waals surface area contributed by atoms with Crippen molar-refractivity contribution in [3.63, 3.8) is 0 Å². The van der Waals surface area contributed by atoms with E-state index < -0.39 is 5.54 Å². The van der Waals surface area contributed by atoms with Crippen LogP contribution in [0.15, 0.2) is 24.5 Å². The summed E-state index contributed by atoms with van der Waals surface area (Å²) < 4.78 is 7.57. The van der Waals surface area contributed by atoms with E-state index >= 15 is 0 Å². The fourth-order valence-corrected chi connectivity index (χ4v) is 4.56. The first-order valence-corrected chi connectivity index (χ1v) is 10.7. The van der Waals surface area contributed by atoms with E-state index in [0.29, 0.717) is 12.5 Å². The molecule has 7 heteroatoms. The van der Waals surface area contributed by atoms with Crippen molar-refractivity contribution in [3.05, 3.63) is 35.9 Å². The van der Waals surface area contributed by atoms with Gasteiger partial charge in [-0.05, 0) is 51.2 Å². The van der Waals surface area contributed by atoms with E-state index in [0.717, 1.165) is 57.0 Å². The van der Waals surface area contributed by atoms with Crippen molar-refractivity contribution >= 4 is 11.4 Å². The maximum atomic E-state index is 13.3. The summed E-state index contributed by atoms with van der Waals surface area (Å²) in [6, 6.07) is 3.94. The average molecular weight is 400 g/mol. The second-order valence-corrected chi connectivity index (χ2v) is 8.91. The number of aryl methyl sites for hydroxylation is 1. The van der Waals surface area contributed by atoms with E-state index in [1.54, 1.807) is 0 Å². The third kappa shape index (κ3) is 4.32. The van der Waals surface area contributed by atoms with Crippen LogP contribution in [0.1, 0.15) is 38.1 Å². The Morgan fingerprint density at radius 3 is 2.97 bits per heavy atom. The lowest BCUT2D eigenvalue weighted by atomic mass is 9.97. The molecule has 0 unspecified atom stereocenters. The first-order chi connectivity index (χ1) is 14.0. The summed E-state index contributed by atoms with van der Waals surface area (Å²) in [5, 5.41) is 6.67. The summed E-state index contributed by atoms with van der Waals surface area (Å²) in [6.07, 6.45) is 6.07. The number of rotatable bonds is 5. The van der Waals surface area contributed by atoms with Gasteiger partial charge in [-0.2, -0.15) is 0 Å². The van der Waals surface area contributed by atoms with Crippen molar-refractivity contribution in [1.82, 2.24) is 24.9 Å². The maximum Gasteiger partial charge on any atom is 0.239 e. The molecular formula is C22H33N5O2. The molecule has 158 valence electrons. The van der Waals surface area contributed by atoms with Gasteiger partial charge in [0.05, 0.1) is 17.3 Å². The van der Waals surface area contributed by atoms with Gasteiger partial charge in [0.15, 0.2) is 0 Å². The number of piperazine rings is 1. The second kappa shape index (κ2) is 8.42. The van der Waals surface area contributed by atoms with Gasteiger partial charge < -0.3 is 19.8 Å². The molecule has 1 atom stereocenters. The minimum Gasteiger partial charge on any atom is -0.381 e. The van der Waals surface area contributed by atoms with E-state index in [1.165, 1.54) is 5.56 Å². The molecule has 2 N–H and O–H groups in total. The molecule has 29 heavy (non-hydrogen) atoms. The molecule has 2 fully saturated rings. The molecule has 2 aliphatic rings. The number of ether oxygens (including phenoxy) is 1. The van der Waals surface area contributed by atoms with E-state index in [2.05, 4.69) is 37.9 Å². The van der Waals surface area contributed by atoms with Gasteiger partial charge in [-0.25, -0.2) is 4.98 Å². The molecule has 2 aromatic heterocycles. The zero-order valence-electron chi connectivity index (χ0n) is 17.8. The largest absolute Gasteiger partial charge is 0.381 e. The van der Waals surface area contributed by atoms with E-state index in [-0.39, 0.29) is 11.9 Å². The fraction of sp³-hybridized carbons (Fsp3) is 0.636. The number of pyridine rings is 1. The predicted molar refractivity (Wildman–Crippen MR) is 113 cm³/mol. The number of hydrogen-bond donors (Lipinski definition) is 2. The van der Waals surface area contributed by atoms with Crippen LogP contribution in [0, 0.1) is 12.8 Å². The van der Waals surface area contributed by atoms with Crippen LogP contribution >= 0.6 is 0 Å². The topological polar surface area (TPSA) is 70.9 Å². The van der Waals surface area contributed by atoms with Crippen molar-refractivity contribution in [3.8, 4) is 0 Å². The number of carbonyl (C=O) groups is 1. The Morgan fingerprint density at radius 1 is 1.38 bits per heavy atom. The molecule has 2 aromatic rings. The molecule has 0 aromatic carbocycles. The van der Waals surface area contributed by atoms with Crippen LogP contribution in [0.4, 0.5) is 0 Å². The third-order valence-corrected chi connectivity index (χ3v) is 6.27. The Balaban J connectivity index is 1.49. The van der Waals surface area contributed by atoms with Crippen LogP contribution in [0.25, 0.3) is 5.52 Å². The zero-order chi connectivity index (χ0) is 20.4. The Kier molecular flexibility index (Phi) is 5.90. The minimum absolute atomic E-state index is 0.0682. The highest BCUT2D eigenvalue weighted by molar-refractivity contribution is 5.83. The normalized spacial score (nSPS) is 22.1. The van der Waals surface area contributed by atoms with Crippen molar-refractivity contribution in [2.75, 3.05) is 39.4 Å². The lowest BCUT2D eigenvalue weighted by Gasteiger charge is -2.39. The standard InChI is InChI=1S/C22H33N5O2/c1-16-5-4-9-27-18(16)14-24-21(27)22(2,3)25-20(28)19-13-23-8-10-26(19)15-17-6-11-29-12-7-17/h4-5,9,14,17,19,23H,6-8,10-13,15H2,1-3H3,(H,25,28)/t19-/m0/s1. The van der Waals surface area contributed by atoms with E-state index in [9.17, 15) is 4.79 Å². The van der Waals surface area contributed by atoms with Crippen LogP contribution < -0.4 is 10.6 Å². The monoisotopic (exact) mass is 399 g/mol. The average Bonchev–Trinajstić information content (AvgIpc) is 3.15. The highest BCUT2D eigenvalue weighted by atomic mass is 16.5. The molecule has 7 nitrogen and oxygen atoms in total. The van der Waals surface area contributed by atoms with Crippen molar-refractivity contribution in [2.45, 2.75) is 45.2 Å². The molecule has 0 saturated carbocycles. The number of nitrogens with one attached hydrogen (secondary N) is 2. The van der Waals surface area contributed by atoms with Crippen LogP contribution in [0.3, 0.4) is 0 Å². The molecule has 0 aliphatic carbocycles. The first-order valence-electron chi connectivity index (χ1n) is 10.7. The molecule has 2 aliphatic heterocycles. The molecule has 0 bridgehead atoms. The summed E-state index contributed by atoms with van der Waals surface area (Å²) >= 11 is 0. The Hall–Kier alpha value is -1.96. The van der Waals surface area contributed by atoms with Crippen LogP contribution in [-0.2, 0) is 15.1 Å². The van der Waals surface area contributed by atoms with Gasteiger partial charge in [0, 0.05) is 45.6 Å². The van der Waals surface area contributed by atoms with Gasteiger partial charge in [-0.15, -0.1) is 0 Å². The summed E-state index contributed by atoms with van der Waals surface area (Å²) in [5.74, 6) is 1.53. The van der Waals surface area contributed by atoms with Crippen LogP contribution in [-0.4, -0.2) is 65.6 Å². The molecule has 4 rings (SSSR count). The zero-order valence-corrected chi connectivity index (χ0v) is 17.8. The van der Waals surface area contributed by atoms with Gasteiger partial charge in [0.2, 0.25) is 5.91 Å². The lowest BCUT2D eigenvalue weighted by molar-refractivity contribution is -0.129. The lowest BCUT2D eigenvalue weighted by Crippen LogP contribution is -2.61. The van der Waals surface area contributed by atoms with Crippen molar-refractivity contribution < 1.29 is 9.53 Å². The van der Waals surface area contributed by atoms with Gasteiger partial charge in [0.1, 0.15) is 11.9 Å². The van der Waals surface area contributed by atoms with Crippen molar-refractivity contribution in [2.24, 2.45) is 5.92 Å². The summed E-state index contributed by atoms with van der Waals surface area (Å²) in [6.45, 7) is 11.3. The maximum absolute atomic E-state index is 13.3. The quantitative estimate of drug-likeness (QED) is 0.801. The van der Waals surface area contributed by atoms with Crippen LogP contribution in [0.5, 0.6) is 0 Å². The molecule has 0 spiro atoms. The number of aromatic nitrogens is 2. The fourth-order valence-electron chi connectivity index (χ4n) is 4.56. The number of hydrogen-bond acceptors (Lipinski definition) is 5. The third-order valence-electron chi connectivity index (χ3n) is 6.27. The van der Waals surface area contributed by atoms with E-state index in [4.69, 9.17) is 4.74 Å². The number of nitrogens with zero attached hydrogens (tertiary/aromatic N) is 3. The van der Waals surface area contributed by atoms with Gasteiger partial charge in [0.25, 0.3) is 0 Å². The molecule has 2 saturated heterocycles. The Labute approximate surface area is 172 Å². The smallest absolute Gasteiger partial charge is 0.239 e. The van der Waals surface area contributed by atoms with Gasteiger partial charge in [-0.1, -0.05) is 6.07 Å². The Bertz CT molecular complexity index is 856. The van der Waals surface area contributed by atoms with Gasteiger partial charge in [-0.3, -0.25) is 9.69 Å². The summed E-state index contributed by atoms with van der Waals surface area (Å²) in [4.78, 5) is 20.3. The first kappa shape index (κ1) is 20.3. The van der Waals surface area contributed by atoms with Crippen molar-refractivity contribution in [1.29, 1.82) is 0 Å². The second-order valence-electron chi connectivity index (χ2n) is 8.91. The molecule has 0 radical (unpaired) electrons. The number of carbonyl (C=O) groups excluding carboxylic acids is 1. The predicted octanol–water partition coefficient (Wildman–Crippen LogP) is 1.69. The number of amides is 1. The highest BCUT2D eigenvalue weighted by Crippen LogP contribution is 2.23. The SMILES string of the molecule is Cc1cccn2c(C(C)(C)NC(=O)[C@@H]3CNCCN3CC3CCOCC3)ncc12. The molecular weight excluding hydrogens is 366 g/mol.